The van der Waals surface area contributed by atoms with Crippen molar-refractivity contribution in [3.63, 3.8) is 0 Å². The van der Waals surface area contributed by atoms with Gasteiger partial charge in [0, 0.05) is 5.56 Å². The molecule has 1 amide bonds. The highest BCUT2D eigenvalue weighted by molar-refractivity contribution is 7.89. The number of halogens is 2. The SMILES string of the molecule is CS(=O)(=O)NC(=O)c1cc(-c2ccc(Cl)c(Cl)c2)ns1. The van der Waals surface area contributed by atoms with Gasteiger partial charge in [0.2, 0.25) is 10.0 Å². The summed E-state index contributed by atoms with van der Waals surface area (Å²) < 4.78 is 28.0. The standard InChI is InChI=1S/C11H8Cl2N2O3S2/c1-20(17,18)15-11(16)10-5-9(14-19-10)6-2-3-7(12)8(13)4-6/h2-5H,1H3,(H,15,16). The summed E-state index contributed by atoms with van der Waals surface area (Å²) in [5.74, 6) is -0.712. The van der Waals surface area contributed by atoms with Gasteiger partial charge in [0.1, 0.15) is 4.88 Å². The smallest absolute Gasteiger partial charge is 0.267 e. The summed E-state index contributed by atoms with van der Waals surface area (Å²) in [5, 5.41) is 0.792. The van der Waals surface area contributed by atoms with Crippen LogP contribution in [0.1, 0.15) is 9.67 Å². The Bertz CT molecular complexity index is 772. The topological polar surface area (TPSA) is 76.1 Å². The third kappa shape index (κ3) is 3.69. The molecule has 0 spiro atoms. The zero-order chi connectivity index (χ0) is 14.9. The molecule has 0 aliphatic carbocycles. The Morgan fingerprint density at radius 3 is 2.55 bits per heavy atom. The number of sulfonamides is 1. The van der Waals surface area contributed by atoms with Crippen molar-refractivity contribution in [2.75, 3.05) is 6.26 Å². The van der Waals surface area contributed by atoms with Crippen molar-refractivity contribution in [1.82, 2.24) is 9.10 Å². The lowest BCUT2D eigenvalue weighted by molar-refractivity contribution is 0.0985. The monoisotopic (exact) mass is 350 g/mol. The van der Waals surface area contributed by atoms with Crippen LogP contribution in [0.2, 0.25) is 10.0 Å². The Balaban J connectivity index is 2.29. The van der Waals surface area contributed by atoms with Crippen LogP contribution in [-0.4, -0.2) is 25.0 Å². The molecule has 5 nitrogen and oxygen atoms in total. The molecule has 0 radical (unpaired) electrons. The van der Waals surface area contributed by atoms with Crippen LogP contribution < -0.4 is 4.72 Å². The summed E-state index contributed by atoms with van der Waals surface area (Å²) in [6.45, 7) is 0. The van der Waals surface area contributed by atoms with E-state index in [1.54, 1.807) is 18.2 Å². The fourth-order valence-corrected chi connectivity index (χ4v) is 2.85. The zero-order valence-corrected chi connectivity index (χ0v) is 13.2. The molecule has 0 aliphatic heterocycles. The second-order valence-electron chi connectivity index (χ2n) is 3.91. The first-order valence-electron chi connectivity index (χ1n) is 5.20. The van der Waals surface area contributed by atoms with Gasteiger partial charge < -0.3 is 0 Å². The van der Waals surface area contributed by atoms with Gasteiger partial charge in [-0.1, -0.05) is 29.3 Å². The number of hydrogen-bond acceptors (Lipinski definition) is 5. The van der Waals surface area contributed by atoms with Gasteiger partial charge in [0.15, 0.2) is 0 Å². The van der Waals surface area contributed by atoms with E-state index in [1.165, 1.54) is 6.07 Å². The van der Waals surface area contributed by atoms with E-state index in [4.69, 9.17) is 23.2 Å². The van der Waals surface area contributed by atoms with E-state index in [9.17, 15) is 13.2 Å². The number of carbonyl (C=O) groups excluding carboxylic acids is 1. The lowest BCUT2D eigenvalue weighted by Crippen LogP contribution is -2.28. The minimum atomic E-state index is -3.60. The van der Waals surface area contributed by atoms with Crippen molar-refractivity contribution < 1.29 is 13.2 Å². The molecule has 2 aromatic rings. The summed E-state index contributed by atoms with van der Waals surface area (Å²) >= 11 is 12.6. The van der Waals surface area contributed by atoms with E-state index in [1.807, 2.05) is 4.72 Å². The quantitative estimate of drug-likeness (QED) is 0.923. The minimum absolute atomic E-state index is 0.191. The Labute approximate surface area is 129 Å². The maximum Gasteiger partial charge on any atom is 0.276 e. The lowest BCUT2D eigenvalue weighted by Gasteiger charge is -1.99. The molecule has 1 aromatic heterocycles. The molecule has 0 bridgehead atoms. The molecule has 0 saturated carbocycles. The van der Waals surface area contributed by atoms with Crippen LogP contribution in [0.3, 0.4) is 0 Å². The van der Waals surface area contributed by atoms with Crippen molar-refractivity contribution in [3.8, 4) is 11.3 Å². The Morgan fingerprint density at radius 2 is 1.95 bits per heavy atom. The van der Waals surface area contributed by atoms with Crippen LogP contribution in [0.4, 0.5) is 0 Å². The number of aromatic nitrogens is 1. The molecular formula is C11H8Cl2N2O3S2. The molecule has 20 heavy (non-hydrogen) atoms. The second kappa shape index (κ2) is 5.69. The highest BCUT2D eigenvalue weighted by Crippen LogP contribution is 2.29. The largest absolute Gasteiger partial charge is 0.276 e. The normalized spacial score (nSPS) is 11.3. The third-order valence-corrected chi connectivity index (χ3v) is 4.31. The molecule has 1 heterocycles. The number of hydrogen-bond donors (Lipinski definition) is 1. The van der Waals surface area contributed by atoms with Gasteiger partial charge in [-0.3, -0.25) is 4.79 Å². The summed E-state index contributed by atoms with van der Waals surface area (Å²) in [4.78, 5) is 11.9. The summed E-state index contributed by atoms with van der Waals surface area (Å²) in [6.07, 6.45) is 0.909. The van der Waals surface area contributed by atoms with Gasteiger partial charge in [-0.15, -0.1) is 0 Å². The van der Waals surface area contributed by atoms with E-state index in [-0.39, 0.29) is 4.88 Å². The molecule has 0 saturated heterocycles. The number of carbonyl (C=O) groups is 1. The Hall–Kier alpha value is -1.15. The highest BCUT2D eigenvalue weighted by atomic mass is 35.5. The molecular weight excluding hydrogens is 343 g/mol. The fraction of sp³-hybridized carbons (Fsp3) is 0.0909. The molecule has 0 fully saturated rings. The number of nitrogens with zero attached hydrogens (tertiary/aromatic N) is 1. The molecule has 0 unspecified atom stereocenters. The third-order valence-electron chi connectivity index (χ3n) is 2.23. The average Bonchev–Trinajstić information content (AvgIpc) is 2.80. The van der Waals surface area contributed by atoms with E-state index in [0.29, 0.717) is 21.3 Å². The van der Waals surface area contributed by atoms with Gasteiger partial charge in [-0.05, 0) is 29.7 Å². The van der Waals surface area contributed by atoms with Crippen molar-refractivity contribution in [1.29, 1.82) is 0 Å². The van der Waals surface area contributed by atoms with Crippen molar-refractivity contribution in [3.05, 3.63) is 39.2 Å². The van der Waals surface area contributed by atoms with Crippen molar-refractivity contribution in [2.24, 2.45) is 0 Å². The minimum Gasteiger partial charge on any atom is -0.267 e. The van der Waals surface area contributed by atoms with Crippen LogP contribution in [-0.2, 0) is 10.0 Å². The maximum atomic E-state index is 11.7. The van der Waals surface area contributed by atoms with Crippen molar-refractivity contribution in [2.45, 2.75) is 0 Å². The van der Waals surface area contributed by atoms with E-state index in [2.05, 4.69) is 4.37 Å². The van der Waals surface area contributed by atoms with Gasteiger partial charge in [0.25, 0.3) is 5.91 Å². The number of nitrogens with one attached hydrogen (secondary N) is 1. The fourth-order valence-electron chi connectivity index (χ4n) is 1.39. The Kier molecular flexibility index (Phi) is 4.33. The molecule has 1 N–H and O–H groups in total. The lowest BCUT2D eigenvalue weighted by atomic mass is 10.1. The van der Waals surface area contributed by atoms with Crippen LogP contribution >= 0.6 is 34.7 Å². The highest BCUT2D eigenvalue weighted by Gasteiger charge is 2.15. The summed E-state index contributed by atoms with van der Waals surface area (Å²) in [5.41, 5.74) is 1.21. The zero-order valence-electron chi connectivity index (χ0n) is 10.1. The predicted molar refractivity (Wildman–Crippen MR) is 79.9 cm³/mol. The first kappa shape index (κ1) is 15.2. The molecule has 9 heteroatoms. The van der Waals surface area contributed by atoms with E-state index in [0.717, 1.165) is 17.8 Å². The molecule has 106 valence electrons. The van der Waals surface area contributed by atoms with Crippen molar-refractivity contribution >= 4 is 50.7 Å². The van der Waals surface area contributed by atoms with E-state index >= 15 is 0 Å². The van der Waals surface area contributed by atoms with Crippen LogP contribution in [0.5, 0.6) is 0 Å². The Morgan fingerprint density at radius 1 is 1.25 bits per heavy atom. The van der Waals surface area contributed by atoms with Gasteiger partial charge in [-0.25, -0.2) is 13.1 Å². The predicted octanol–water partition coefficient (Wildman–Crippen LogP) is 2.81. The maximum absolute atomic E-state index is 11.7. The van der Waals surface area contributed by atoms with Crippen LogP contribution in [0.15, 0.2) is 24.3 Å². The molecule has 0 aliphatic rings. The molecule has 2 rings (SSSR count). The van der Waals surface area contributed by atoms with Crippen LogP contribution in [0.25, 0.3) is 11.3 Å². The van der Waals surface area contributed by atoms with E-state index < -0.39 is 15.9 Å². The first-order chi connectivity index (χ1) is 9.26. The second-order valence-corrected chi connectivity index (χ2v) is 7.28. The number of benzene rings is 1. The first-order valence-corrected chi connectivity index (χ1v) is 8.62. The summed E-state index contributed by atoms with van der Waals surface area (Å²) in [6, 6.07) is 6.44. The van der Waals surface area contributed by atoms with Gasteiger partial charge in [0.05, 0.1) is 22.0 Å². The number of rotatable bonds is 3. The van der Waals surface area contributed by atoms with Crippen LogP contribution in [0, 0.1) is 0 Å². The average molecular weight is 351 g/mol. The van der Waals surface area contributed by atoms with Gasteiger partial charge >= 0.3 is 0 Å². The summed E-state index contributed by atoms with van der Waals surface area (Å²) in [7, 11) is -3.60. The number of amides is 1. The molecule has 0 atom stereocenters. The molecule has 1 aromatic carbocycles. The van der Waals surface area contributed by atoms with Gasteiger partial charge in [-0.2, -0.15) is 4.37 Å².